The number of anilines is 1. The summed E-state index contributed by atoms with van der Waals surface area (Å²) >= 11 is 1.35. The lowest BCUT2D eigenvalue weighted by atomic mass is 9.85. The average Bonchev–Trinajstić information content (AvgIpc) is 3.39. The van der Waals surface area contributed by atoms with E-state index in [0.717, 1.165) is 16.1 Å². The number of nitrogens with zero attached hydrogens (tertiary/aromatic N) is 3. The predicted octanol–water partition coefficient (Wildman–Crippen LogP) is 4.77. The van der Waals surface area contributed by atoms with E-state index in [0.29, 0.717) is 10.9 Å². The molecule has 140 valence electrons. The Morgan fingerprint density at radius 3 is 2.39 bits per heavy atom. The van der Waals surface area contributed by atoms with Crippen LogP contribution in [-0.2, 0) is 5.41 Å². The predicted molar refractivity (Wildman–Crippen MR) is 108 cm³/mol. The van der Waals surface area contributed by atoms with Crippen LogP contribution in [0, 0.1) is 0 Å². The van der Waals surface area contributed by atoms with Crippen molar-refractivity contribution in [3.8, 4) is 11.3 Å². The summed E-state index contributed by atoms with van der Waals surface area (Å²) in [7, 11) is 0. The Balaban J connectivity index is 1.50. The van der Waals surface area contributed by atoms with Crippen LogP contribution in [0.1, 0.15) is 34.9 Å². The summed E-state index contributed by atoms with van der Waals surface area (Å²) in [6.07, 6.45) is 0. The minimum Gasteiger partial charge on any atom is -0.355 e. The number of carbonyl (C=O) groups excluding carboxylic acids is 1. The molecule has 0 unspecified atom stereocenters. The highest BCUT2D eigenvalue weighted by molar-refractivity contribution is 7.15. The molecule has 0 saturated carbocycles. The van der Waals surface area contributed by atoms with Crippen LogP contribution in [0.4, 0.5) is 5.13 Å². The first-order valence-corrected chi connectivity index (χ1v) is 9.59. The third-order valence-electron chi connectivity index (χ3n) is 4.48. The van der Waals surface area contributed by atoms with Crippen molar-refractivity contribution in [1.82, 2.24) is 15.4 Å². The Hall–Kier alpha value is -3.32. The van der Waals surface area contributed by atoms with Crippen LogP contribution < -0.4 is 5.32 Å². The summed E-state index contributed by atoms with van der Waals surface area (Å²) < 4.78 is 5.28. The van der Waals surface area contributed by atoms with Crippen LogP contribution in [0.3, 0.4) is 0 Å². The highest BCUT2D eigenvalue weighted by atomic mass is 32.1. The Morgan fingerprint density at radius 2 is 1.68 bits per heavy atom. The lowest BCUT2D eigenvalue weighted by Crippen LogP contribution is -2.18. The number of carbonyl (C=O) groups is 1. The molecule has 0 saturated heterocycles. The molecule has 4 rings (SSSR count). The van der Waals surface area contributed by atoms with Gasteiger partial charge in [0, 0.05) is 17.0 Å². The molecule has 0 atom stereocenters. The number of hydrogen-bond donors (Lipinski definition) is 1. The first kappa shape index (κ1) is 18.1. The van der Waals surface area contributed by atoms with E-state index >= 15 is 0 Å². The van der Waals surface area contributed by atoms with Gasteiger partial charge in [-0.1, -0.05) is 77.2 Å². The van der Waals surface area contributed by atoms with Crippen molar-refractivity contribution in [1.29, 1.82) is 0 Å². The van der Waals surface area contributed by atoms with Crippen molar-refractivity contribution in [3.05, 3.63) is 83.0 Å². The lowest BCUT2D eigenvalue weighted by Gasteiger charge is -2.21. The summed E-state index contributed by atoms with van der Waals surface area (Å²) in [5.41, 5.74) is 1.87. The maximum atomic E-state index is 12.5. The van der Waals surface area contributed by atoms with Gasteiger partial charge < -0.3 is 4.52 Å². The third kappa shape index (κ3) is 3.57. The molecule has 2 heterocycles. The van der Waals surface area contributed by atoms with Crippen LogP contribution in [0.15, 0.2) is 71.3 Å². The summed E-state index contributed by atoms with van der Waals surface area (Å²) in [5.74, 6) is 0.153. The van der Waals surface area contributed by atoms with E-state index in [2.05, 4.69) is 46.7 Å². The second-order valence-corrected chi connectivity index (χ2v) is 7.78. The molecule has 0 aliphatic heterocycles. The molecule has 2 aromatic heterocycles. The van der Waals surface area contributed by atoms with E-state index in [1.165, 1.54) is 11.3 Å². The Kier molecular flexibility index (Phi) is 4.75. The molecule has 1 N–H and O–H groups in total. The SMILES string of the molecule is CC(C)(c1ccccc1)c1nnc(NC(=O)c2cc(-c3ccccc3)on2)s1. The lowest BCUT2D eigenvalue weighted by molar-refractivity contribution is 0.101. The number of hydrogen-bond acceptors (Lipinski definition) is 6. The number of amides is 1. The van der Waals surface area contributed by atoms with E-state index in [1.54, 1.807) is 6.07 Å². The molecule has 0 aliphatic rings. The number of aromatic nitrogens is 3. The van der Waals surface area contributed by atoms with E-state index in [9.17, 15) is 4.79 Å². The molecule has 0 radical (unpaired) electrons. The zero-order chi connectivity index (χ0) is 19.6. The van der Waals surface area contributed by atoms with E-state index in [1.807, 2.05) is 48.5 Å². The zero-order valence-corrected chi connectivity index (χ0v) is 16.2. The molecule has 6 nitrogen and oxygen atoms in total. The van der Waals surface area contributed by atoms with Gasteiger partial charge in [-0.05, 0) is 19.4 Å². The molecule has 2 aromatic carbocycles. The molecular weight excluding hydrogens is 372 g/mol. The number of nitrogens with one attached hydrogen (secondary N) is 1. The fraction of sp³-hybridized carbons (Fsp3) is 0.143. The van der Waals surface area contributed by atoms with Crippen LogP contribution in [-0.4, -0.2) is 21.3 Å². The van der Waals surface area contributed by atoms with Gasteiger partial charge >= 0.3 is 0 Å². The van der Waals surface area contributed by atoms with Gasteiger partial charge in [0.15, 0.2) is 11.5 Å². The zero-order valence-electron chi connectivity index (χ0n) is 15.4. The van der Waals surface area contributed by atoms with Crippen molar-refractivity contribution in [3.63, 3.8) is 0 Å². The van der Waals surface area contributed by atoms with Gasteiger partial charge in [0.05, 0.1) is 0 Å². The third-order valence-corrected chi connectivity index (χ3v) is 5.64. The maximum Gasteiger partial charge on any atom is 0.279 e. The number of rotatable bonds is 5. The van der Waals surface area contributed by atoms with Crippen LogP contribution >= 0.6 is 11.3 Å². The summed E-state index contributed by atoms with van der Waals surface area (Å²) in [5, 5.41) is 16.2. The van der Waals surface area contributed by atoms with E-state index in [-0.39, 0.29) is 17.0 Å². The molecule has 0 fully saturated rings. The summed E-state index contributed by atoms with van der Waals surface area (Å²) in [6, 6.07) is 21.2. The average molecular weight is 390 g/mol. The highest BCUT2D eigenvalue weighted by Crippen LogP contribution is 2.34. The molecule has 4 aromatic rings. The van der Waals surface area contributed by atoms with Crippen LogP contribution in [0.25, 0.3) is 11.3 Å². The van der Waals surface area contributed by atoms with Gasteiger partial charge in [0.1, 0.15) is 5.01 Å². The fourth-order valence-corrected chi connectivity index (χ4v) is 3.65. The van der Waals surface area contributed by atoms with Gasteiger partial charge in [0.2, 0.25) is 5.13 Å². The first-order chi connectivity index (χ1) is 13.5. The van der Waals surface area contributed by atoms with Crippen LogP contribution in [0.5, 0.6) is 0 Å². The van der Waals surface area contributed by atoms with Crippen molar-refractivity contribution in [2.24, 2.45) is 0 Å². The summed E-state index contributed by atoms with van der Waals surface area (Å²) in [4.78, 5) is 12.5. The maximum absolute atomic E-state index is 12.5. The molecule has 28 heavy (non-hydrogen) atoms. The molecule has 0 bridgehead atoms. The van der Waals surface area contributed by atoms with Gasteiger partial charge in [-0.25, -0.2) is 0 Å². The van der Waals surface area contributed by atoms with Gasteiger partial charge in [-0.2, -0.15) is 0 Å². The standard InChI is InChI=1S/C21H18N4O2S/c1-21(2,15-11-7-4-8-12-15)19-23-24-20(28-19)22-18(26)16-13-17(27-25-16)14-9-5-3-6-10-14/h3-13H,1-2H3,(H,22,24,26). The quantitative estimate of drug-likeness (QED) is 0.531. The van der Waals surface area contributed by atoms with Crippen molar-refractivity contribution in [2.75, 3.05) is 5.32 Å². The van der Waals surface area contributed by atoms with E-state index in [4.69, 9.17) is 4.52 Å². The van der Waals surface area contributed by atoms with Gasteiger partial charge in [-0.3, -0.25) is 10.1 Å². The van der Waals surface area contributed by atoms with Crippen molar-refractivity contribution >= 4 is 22.4 Å². The Labute approximate surface area is 166 Å². The Bertz CT molecular complexity index is 1090. The molecular formula is C21H18N4O2S. The Morgan fingerprint density at radius 1 is 1.00 bits per heavy atom. The number of benzene rings is 2. The smallest absolute Gasteiger partial charge is 0.279 e. The molecule has 0 spiro atoms. The second kappa shape index (κ2) is 7.36. The monoisotopic (exact) mass is 390 g/mol. The fourth-order valence-electron chi connectivity index (χ4n) is 2.79. The van der Waals surface area contributed by atoms with E-state index < -0.39 is 0 Å². The van der Waals surface area contributed by atoms with Crippen molar-refractivity contribution in [2.45, 2.75) is 19.3 Å². The topological polar surface area (TPSA) is 80.9 Å². The highest BCUT2D eigenvalue weighted by Gasteiger charge is 2.28. The second-order valence-electron chi connectivity index (χ2n) is 6.80. The van der Waals surface area contributed by atoms with Gasteiger partial charge in [-0.15, -0.1) is 10.2 Å². The molecule has 1 amide bonds. The normalized spacial score (nSPS) is 11.4. The summed E-state index contributed by atoms with van der Waals surface area (Å²) in [6.45, 7) is 4.16. The minimum absolute atomic E-state index is 0.193. The minimum atomic E-state index is -0.383. The van der Waals surface area contributed by atoms with Crippen molar-refractivity contribution < 1.29 is 9.32 Å². The molecule has 7 heteroatoms. The largest absolute Gasteiger partial charge is 0.355 e. The van der Waals surface area contributed by atoms with Crippen LogP contribution in [0.2, 0.25) is 0 Å². The first-order valence-electron chi connectivity index (χ1n) is 8.77. The molecule has 0 aliphatic carbocycles. The van der Waals surface area contributed by atoms with Gasteiger partial charge in [0.25, 0.3) is 5.91 Å².